The second kappa shape index (κ2) is 5.97. The van der Waals surface area contributed by atoms with Gasteiger partial charge in [-0.2, -0.15) is 0 Å². The van der Waals surface area contributed by atoms with E-state index < -0.39 is 0 Å². The first-order valence-electron chi connectivity index (χ1n) is 6.58. The molecule has 100 valence electrons. The van der Waals surface area contributed by atoms with Crippen LogP contribution in [0.25, 0.3) is 0 Å². The molecule has 0 saturated carbocycles. The number of carbonyl (C=O) groups is 1. The zero-order valence-electron chi connectivity index (χ0n) is 11.0. The molecule has 0 aliphatic carbocycles. The van der Waals surface area contributed by atoms with E-state index in [-0.39, 0.29) is 11.8 Å². The Labute approximate surface area is 122 Å². The zero-order valence-corrected chi connectivity index (χ0v) is 11.8. The minimum absolute atomic E-state index is 0.0503. The van der Waals surface area contributed by atoms with Gasteiger partial charge in [0.2, 0.25) is 0 Å². The lowest BCUT2D eigenvalue weighted by Gasteiger charge is -2.09. The molecule has 1 N–H and O–H groups in total. The van der Waals surface area contributed by atoms with Crippen molar-refractivity contribution in [1.29, 1.82) is 0 Å². The molecule has 1 atom stereocenters. The molecule has 1 aliphatic heterocycles. The highest BCUT2D eigenvalue weighted by atomic mass is 32.2. The first kappa shape index (κ1) is 13.0. The summed E-state index contributed by atoms with van der Waals surface area (Å²) < 4.78 is 0. The van der Waals surface area contributed by atoms with E-state index in [0.717, 1.165) is 16.3 Å². The van der Waals surface area contributed by atoms with Crippen LogP contribution in [0.3, 0.4) is 0 Å². The minimum atomic E-state index is 0.0503. The van der Waals surface area contributed by atoms with Crippen LogP contribution in [0.1, 0.15) is 22.0 Å². The molecule has 2 aromatic rings. The highest BCUT2D eigenvalue weighted by Crippen LogP contribution is 2.31. The van der Waals surface area contributed by atoms with E-state index in [0.29, 0.717) is 0 Å². The number of ketones is 1. The Morgan fingerprint density at radius 1 is 1.05 bits per heavy atom. The molecule has 1 fully saturated rings. The summed E-state index contributed by atoms with van der Waals surface area (Å²) in [6, 6.07) is 20.0. The Kier molecular flexibility index (Phi) is 3.88. The van der Waals surface area contributed by atoms with Crippen molar-refractivity contribution in [2.45, 2.75) is 6.04 Å². The van der Waals surface area contributed by atoms with Crippen molar-refractivity contribution in [1.82, 2.24) is 5.32 Å². The van der Waals surface area contributed by atoms with Crippen LogP contribution in [0.15, 0.2) is 71.8 Å². The van der Waals surface area contributed by atoms with E-state index in [1.165, 1.54) is 5.56 Å². The van der Waals surface area contributed by atoms with Crippen LogP contribution in [0.4, 0.5) is 0 Å². The van der Waals surface area contributed by atoms with E-state index in [9.17, 15) is 4.79 Å². The van der Waals surface area contributed by atoms with E-state index in [2.05, 4.69) is 17.4 Å². The van der Waals surface area contributed by atoms with Crippen molar-refractivity contribution in [3.8, 4) is 0 Å². The number of carbonyl (C=O) groups excluding carboxylic acids is 1. The van der Waals surface area contributed by atoms with Crippen molar-refractivity contribution in [2.75, 3.05) is 5.75 Å². The topological polar surface area (TPSA) is 29.1 Å². The van der Waals surface area contributed by atoms with Crippen LogP contribution >= 0.6 is 11.8 Å². The Bertz CT molecular complexity index is 622. The number of rotatable bonds is 3. The number of nitrogens with one attached hydrogen (secondary N) is 1. The van der Waals surface area contributed by atoms with Gasteiger partial charge in [-0.05, 0) is 5.56 Å². The fraction of sp³-hybridized carbons (Fsp3) is 0.118. The first-order valence-corrected chi connectivity index (χ1v) is 7.57. The maximum absolute atomic E-state index is 12.1. The summed E-state index contributed by atoms with van der Waals surface area (Å²) in [4.78, 5) is 12.1. The van der Waals surface area contributed by atoms with Crippen molar-refractivity contribution in [3.05, 3.63) is 82.9 Å². The Morgan fingerprint density at radius 3 is 2.40 bits per heavy atom. The predicted octanol–water partition coefficient (Wildman–Crippen LogP) is 3.79. The standard InChI is InChI=1S/C17H15NOS/c19-16(14-9-5-2-6-10-14)11-17-18-15(12-20-17)13-7-3-1-4-8-13/h1-11,15,18H,12H2/b17-11+/t15-/m1/s1. The molecule has 1 aliphatic rings. The van der Waals surface area contributed by atoms with E-state index in [1.54, 1.807) is 17.8 Å². The molecule has 0 aromatic heterocycles. The van der Waals surface area contributed by atoms with Gasteiger partial charge >= 0.3 is 0 Å². The number of hydrogen-bond donors (Lipinski definition) is 1. The smallest absolute Gasteiger partial charge is 0.188 e. The van der Waals surface area contributed by atoms with Crippen LogP contribution < -0.4 is 5.32 Å². The SMILES string of the molecule is O=C(/C=C1\N[C@@H](c2ccccc2)CS1)c1ccccc1. The van der Waals surface area contributed by atoms with Crippen molar-refractivity contribution < 1.29 is 4.79 Å². The van der Waals surface area contributed by atoms with Crippen molar-refractivity contribution in [2.24, 2.45) is 0 Å². The summed E-state index contributed by atoms with van der Waals surface area (Å²) in [7, 11) is 0. The lowest BCUT2D eigenvalue weighted by molar-refractivity contribution is 0.104. The van der Waals surface area contributed by atoms with Crippen LogP contribution in [-0.2, 0) is 0 Å². The van der Waals surface area contributed by atoms with Gasteiger partial charge in [0.05, 0.1) is 11.1 Å². The van der Waals surface area contributed by atoms with Gasteiger partial charge in [0, 0.05) is 17.4 Å². The van der Waals surface area contributed by atoms with Gasteiger partial charge in [-0.15, -0.1) is 11.8 Å². The predicted molar refractivity (Wildman–Crippen MR) is 83.6 cm³/mol. The Hall–Kier alpha value is -2.00. The lowest BCUT2D eigenvalue weighted by atomic mass is 10.1. The van der Waals surface area contributed by atoms with Gasteiger partial charge in [-0.3, -0.25) is 4.79 Å². The fourth-order valence-electron chi connectivity index (χ4n) is 2.18. The third-order valence-corrected chi connectivity index (χ3v) is 4.29. The van der Waals surface area contributed by atoms with E-state index in [4.69, 9.17) is 0 Å². The third kappa shape index (κ3) is 2.94. The normalized spacial score (nSPS) is 19.8. The maximum Gasteiger partial charge on any atom is 0.188 e. The van der Waals surface area contributed by atoms with Crippen molar-refractivity contribution >= 4 is 17.5 Å². The van der Waals surface area contributed by atoms with E-state index in [1.807, 2.05) is 48.5 Å². The monoisotopic (exact) mass is 281 g/mol. The number of allylic oxidation sites excluding steroid dienone is 1. The third-order valence-electron chi connectivity index (χ3n) is 3.24. The van der Waals surface area contributed by atoms with E-state index >= 15 is 0 Å². The maximum atomic E-state index is 12.1. The molecule has 3 rings (SSSR count). The van der Waals surface area contributed by atoms with Gasteiger partial charge < -0.3 is 5.32 Å². The average molecular weight is 281 g/mol. The molecule has 1 heterocycles. The summed E-state index contributed by atoms with van der Waals surface area (Å²) in [6.07, 6.45) is 1.70. The summed E-state index contributed by atoms with van der Waals surface area (Å²) in [6.45, 7) is 0. The molecule has 0 amide bonds. The zero-order chi connectivity index (χ0) is 13.8. The molecule has 0 unspecified atom stereocenters. The second-order valence-electron chi connectivity index (χ2n) is 4.66. The lowest BCUT2D eigenvalue weighted by Crippen LogP contribution is -2.14. The molecule has 2 nitrogen and oxygen atoms in total. The molecule has 1 saturated heterocycles. The molecule has 0 bridgehead atoms. The first-order chi connectivity index (χ1) is 9.83. The van der Waals surface area contributed by atoms with Gasteiger partial charge in [-0.1, -0.05) is 60.7 Å². The molecule has 2 aromatic carbocycles. The van der Waals surface area contributed by atoms with Crippen LogP contribution in [0, 0.1) is 0 Å². The summed E-state index contributed by atoms with van der Waals surface area (Å²) in [5, 5.41) is 4.36. The van der Waals surface area contributed by atoms with Crippen LogP contribution in [-0.4, -0.2) is 11.5 Å². The highest BCUT2D eigenvalue weighted by molar-refractivity contribution is 8.03. The quantitative estimate of drug-likeness (QED) is 0.685. The summed E-state index contributed by atoms with van der Waals surface area (Å²) in [5.74, 6) is 1.01. The largest absolute Gasteiger partial charge is 0.372 e. The molecule has 0 spiro atoms. The van der Waals surface area contributed by atoms with Gasteiger partial charge in [0.1, 0.15) is 0 Å². The summed E-state index contributed by atoms with van der Waals surface area (Å²) in [5.41, 5.74) is 1.99. The Balaban J connectivity index is 1.71. The molecule has 0 radical (unpaired) electrons. The number of thioether (sulfide) groups is 1. The van der Waals surface area contributed by atoms with Gasteiger partial charge in [-0.25, -0.2) is 0 Å². The van der Waals surface area contributed by atoms with Crippen molar-refractivity contribution in [3.63, 3.8) is 0 Å². The van der Waals surface area contributed by atoms with Crippen LogP contribution in [0.2, 0.25) is 0 Å². The number of hydrogen-bond acceptors (Lipinski definition) is 3. The summed E-state index contributed by atoms with van der Waals surface area (Å²) >= 11 is 1.70. The molecular weight excluding hydrogens is 266 g/mol. The minimum Gasteiger partial charge on any atom is -0.372 e. The second-order valence-corrected chi connectivity index (χ2v) is 5.72. The van der Waals surface area contributed by atoms with Gasteiger partial charge in [0.15, 0.2) is 5.78 Å². The Morgan fingerprint density at radius 2 is 1.70 bits per heavy atom. The average Bonchev–Trinajstić information content (AvgIpc) is 2.97. The number of benzene rings is 2. The van der Waals surface area contributed by atoms with Crippen LogP contribution in [0.5, 0.6) is 0 Å². The highest BCUT2D eigenvalue weighted by Gasteiger charge is 2.21. The molecule has 3 heteroatoms. The van der Waals surface area contributed by atoms with Gasteiger partial charge in [0.25, 0.3) is 0 Å². The fourth-order valence-corrected chi connectivity index (χ4v) is 3.22. The molecule has 20 heavy (non-hydrogen) atoms. The molecular formula is C17H15NOS.